The largest absolute Gasteiger partial charge is 0.443 e. The third kappa shape index (κ3) is 5.85. The van der Waals surface area contributed by atoms with Crippen LogP contribution in [0.15, 0.2) is 24.3 Å². The summed E-state index contributed by atoms with van der Waals surface area (Å²) < 4.78 is 13.5. The number of Topliss-reactive ketones (excluding diaryl/α,β-unsaturated/α-hetero) is 2. The van der Waals surface area contributed by atoms with Crippen LogP contribution in [0.25, 0.3) is 21.8 Å². The summed E-state index contributed by atoms with van der Waals surface area (Å²) in [7, 11) is 0. The van der Waals surface area contributed by atoms with Crippen molar-refractivity contribution in [3.8, 4) is 0 Å². The third-order valence-corrected chi connectivity index (χ3v) is 8.65. The lowest BCUT2D eigenvalue weighted by molar-refractivity contribution is 0.0527. The van der Waals surface area contributed by atoms with Crippen LogP contribution in [0.1, 0.15) is 86.5 Å². The number of halogens is 4. The Labute approximate surface area is 274 Å². The number of ketones is 2. The SMILES string of the molecule is CC(C)(C)OC(=O)n1c2c(c3c(Cl)c(Cl)ccc31)CCC2=O.CC(C)(C)OC(=O)n1c2c(c3cc(Cl)c(Cl)cc31)CCC2=O. The Kier molecular flexibility index (Phi) is 8.38. The van der Waals surface area contributed by atoms with Crippen molar-refractivity contribution in [3.05, 3.63) is 66.9 Å². The highest BCUT2D eigenvalue weighted by atomic mass is 35.5. The highest BCUT2D eigenvalue weighted by Crippen LogP contribution is 2.41. The van der Waals surface area contributed by atoms with E-state index >= 15 is 0 Å². The van der Waals surface area contributed by atoms with Crippen LogP contribution in [0.5, 0.6) is 0 Å². The lowest BCUT2D eigenvalue weighted by Gasteiger charge is -2.20. The summed E-state index contributed by atoms with van der Waals surface area (Å²) in [6.45, 7) is 10.7. The number of rotatable bonds is 0. The maximum absolute atomic E-state index is 12.5. The Morgan fingerprint density at radius 2 is 1.14 bits per heavy atom. The average molecular weight is 680 g/mol. The van der Waals surface area contributed by atoms with Gasteiger partial charge in [-0.1, -0.05) is 46.4 Å². The summed E-state index contributed by atoms with van der Waals surface area (Å²) in [4.78, 5) is 49.5. The van der Waals surface area contributed by atoms with E-state index in [9.17, 15) is 19.2 Å². The van der Waals surface area contributed by atoms with Crippen LogP contribution in [0, 0.1) is 0 Å². The smallest absolute Gasteiger partial charge is 0.419 e. The number of aromatic nitrogens is 2. The predicted octanol–water partition coefficient (Wildman–Crippen LogP) is 9.72. The van der Waals surface area contributed by atoms with Crippen molar-refractivity contribution in [1.82, 2.24) is 9.13 Å². The molecule has 8 nitrogen and oxygen atoms in total. The van der Waals surface area contributed by atoms with Gasteiger partial charge in [0.2, 0.25) is 0 Å². The lowest BCUT2D eigenvalue weighted by atomic mass is 10.1. The maximum Gasteiger partial charge on any atom is 0.419 e. The van der Waals surface area contributed by atoms with E-state index in [4.69, 9.17) is 55.9 Å². The van der Waals surface area contributed by atoms with Crippen molar-refractivity contribution >= 4 is 92.0 Å². The van der Waals surface area contributed by atoms with E-state index in [-0.39, 0.29) is 11.6 Å². The normalized spacial score (nSPS) is 14.5. The van der Waals surface area contributed by atoms with Gasteiger partial charge in [0.25, 0.3) is 0 Å². The summed E-state index contributed by atoms with van der Waals surface area (Å²) in [5, 5.41) is 2.95. The van der Waals surface area contributed by atoms with Gasteiger partial charge in [0.05, 0.1) is 42.5 Å². The third-order valence-electron chi connectivity index (χ3n) is 7.12. The Bertz CT molecular complexity index is 1880. The molecule has 0 unspecified atom stereocenters. The van der Waals surface area contributed by atoms with Crippen LogP contribution in [-0.2, 0) is 22.3 Å². The van der Waals surface area contributed by atoms with E-state index in [0.29, 0.717) is 73.6 Å². The molecule has 12 heteroatoms. The first-order valence-corrected chi connectivity index (χ1v) is 15.5. The van der Waals surface area contributed by atoms with E-state index in [1.807, 2.05) is 0 Å². The van der Waals surface area contributed by atoms with E-state index in [0.717, 1.165) is 16.5 Å². The summed E-state index contributed by atoms with van der Waals surface area (Å²) in [6, 6.07) is 6.62. The number of nitrogens with zero attached hydrogens (tertiary/aromatic N) is 2. The Hall–Kier alpha value is -3.04. The highest BCUT2D eigenvalue weighted by Gasteiger charge is 2.35. The minimum Gasteiger partial charge on any atom is -0.443 e. The van der Waals surface area contributed by atoms with Crippen molar-refractivity contribution in [2.75, 3.05) is 0 Å². The molecule has 0 amide bonds. The first-order valence-electron chi connectivity index (χ1n) is 14.0. The first-order chi connectivity index (χ1) is 20.4. The van der Waals surface area contributed by atoms with E-state index in [1.165, 1.54) is 9.13 Å². The second-order valence-corrected chi connectivity index (χ2v) is 14.3. The highest BCUT2D eigenvalue weighted by molar-refractivity contribution is 6.46. The Morgan fingerprint density at radius 3 is 1.68 bits per heavy atom. The minimum atomic E-state index is -0.654. The topological polar surface area (TPSA) is 96.6 Å². The molecule has 2 aliphatic rings. The van der Waals surface area contributed by atoms with E-state index in [2.05, 4.69) is 0 Å². The van der Waals surface area contributed by atoms with Crippen molar-refractivity contribution in [3.63, 3.8) is 0 Å². The second kappa shape index (κ2) is 11.4. The lowest BCUT2D eigenvalue weighted by Crippen LogP contribution is -2.28. The fourth-order valence-corrected chi connectivity index (χ4v) is 6.28. The Morgan fingerprint density at radius 1 is 0.659 bits per heavy atom. The number of fused-ring (bicyclic) bond motifs is 6. The van der Waals surface area contributed by atoms with E-state index < -0.39 is 23.4 Å². The molecule has 0 saturated carbocycles. The van der Waals surface area contributed by atoms with Crippen molar-refractivity contribution in [1.29, 1.82) is 0 Å². The van der Waals surface area contributed by atoms with Crippen LogP contribution in [-0.4, -0.2) is 44.1 Å². The zero-order valence-corrected chi connectivity index (χ0v) is 28.0. The van der Waals surface area contributed by atoms with Crippen LogP contribution in [0.2, 0.25) is 20.1 Å². The van der Waals surface area contributed by atoms with Crippen LogP contribution >= 0.6 is 46.4 Å². The van der Waals surface area contributed by atoms with Crippen molar-refractivity contribution in [2.24, 2.45) is 0 Å². The van der Waals surface area contributed by atoms with Crippen molar-refractivity contribution in [2.45, 2.75) is 78.4 Å². The molecule has 0 N–H and O–H groups in total. The molecular formula is C32H30Cl4N2O6. The number of carbonyl (C=O) groups is 4. The first kappa shape index (κ1) is 32.4. The molecule has 0 aliphatic heterocycles. The Balaban J connectivity index is 0.000000175. The van der Waals surface area contributed by atoms with Gasteiger partial charge in [-0.2, -0.15) is 0 Å². The van der Waals surface area contributed by atoms with Gasteiger partial charge in [-0.25, -0.2) is 18.7 Å². The molecule has 0 radical (unpaired) electrons. The molecule has 0 bridgehead atoms. The molecule has 0 atom stereocenters. The van der Waals surface area contributed by atoms with Crippen LogP contribution in [0.4, 0.5) is 9.59 Å². The fourth-order valence-electron chi connectivity index (χ4n) is 5.52. The summed E-state index contributed by atoms with van der Waals surface area (Å²) in [5.41, 5.74) is 2.18. The van der Waals surface area contributed by atoms with Gasteiger partial charge in [-0.05, 0) is 89.8 Å². The van der Waals surface area contributed by atoms with Crippen LogP contribution < -0.4 is 0 Å². The maximum atomic E-state index is 12.5. The molecule has 6 rings (SSSR count). The van der Waals surface area contributed by atoms with Gasteiger partial charge in [0.15, 0.2) is 11.6 Å². The zero-order chi connectivity index (χ0) is 32.5. The minimum absolute atomic E-state index is 0.0655. The predicted molar refractivity (Wildman–Crippen MR) is 172 cm³/mol. The molecule has 0 spiro atoms. The summed E-state index contributed by atoms with van der Waals surface area (Å²) in [6.07, 6.45) is 0.759. The molecule has 2 aromatic carbocycles. The molecule has 44 heavy (non-hydrogen) atoms. The number of ether oxygens (including phenoxy) is 2. The molecule has 2 aromatic heterocycles. The van der Waals surface area contributed by atoms with E-state index in [1.54, 1.807) is 65.8 Å². The quantitative estimate of drug-likeness (QED) is 0.184. The molecule has 0 saturated heterocycles. The fraction of sp³-hybridized carbons (Fsp3) is 0.375. The van der Waals surface area contributed by atoms with Gasteiger partial charge in [0.1, 0.15) is 11.2 Å². The number of hydrogen-bond donors (Lipinski definition) is 0. The molecule has 0 fully saturated rings. The van der Waals surface area contributed by atoms with Gasteiger partial charge < -0.3 is 9.47 Å². The number of carbonyl (C=O) groups excluding carboxylic acids is 4. The number of hydrogen-bond acceptors (Lipinski definition) is 6. The standard InChI is InChI=1S/2C16H15Cl2NO3/c1-16(2,3)22-15(21)19-10-6-5-9(17)13(18)12(10)8-4-7-11(20)14(8)19;1-16(2,3)22-15(21)19-12-7-11(18)10(17)6-9(12)8-4-5-13(20)14(8)19/h5-6H,4,7H2,1-3H3;6-7H,4-5H2,1-3H3. The monoisotopic (exact) mass is 678 g/mol. The molecule has 232 valence electrons. The summed E-state index contributed by atoms with van der Waals surface area (Å²) in [5.74, 6) is -0.145. The van der Waals surface area contributed by atoms with Gasteiger partial charge >= 0.3 is 12.2 Å². The molecule has 2 aliphatic carbocycles. The average Bonchev–Trinajstić information content (AvgIpc) is 3.62. The van der Waals surface area contributed by atoms with Crippen LogP contribution in [0.3, 0.4) is 0 Å². The van der Waals surface area contributed by atoms with Crippen molar-refractivity contribution < 1.29 is 28.7 Å². The zero-order valence-electron chi connectivity index (χ0n) is 25.0. The van der Waals surface area contributed by atoms with Gasteiger partial charge in [-0.3, -0.25) is 9.59 Å². The molecule has 4 aromatic rings. The summed E-state index contributed by atoms with van der Waals surface area (Å²) >= 11 is 24.5. The number of benzene rings is 2. The molecule has 2 heterocycles. The van der Waals surface area contributed by atoms with Gasteiger partial charge in [0, 0.05) is 23.6 Å². The molecular weight excluding hydrogens is 650 g/mol. The number of aryl methyl sites for hydroxylation is 2. The van der Waals surface area contributed by atoms with Gasteiger partial charge in [-0.15, -0.1) is 0 Å². The second-order valence-electron chi connectivity index (χ2n) is 12.7.